The van der Waals surface area contributed by atoms with E-state index in [1.807, 2.05) is 13.0 Å². The third-order valence-corrected chi connectivity index (χ3v) is 4.73. The molecule has 0 bridgehead atoms. The summed E-state index contributed by atoms with van der Waals surface area (Å²) >= 11 is 0. The van der Waals surface area contributed by atoms with E-state index in [2.05, 4.69) is 5.32 Å². The second kappa shape index (κ2) is 11.2. The molecule has 1 aromatic heterocycles. The van der Waals surface area contributed by atoms with Gasteiger partial charge in [0, 0.05) is 29.5 Å². The number of furan rings is 1. The molecule has 2 aromatic carbocycles. The molecule has 1 amide bonds. The summed E-state index contributed by atoms with van der Waals surface area (Å²) in [6, 6.07) is 17.0. The summed E-state index contributed by atoms with van der Waals surface area (Å²) in [6.45, 7) is 2.34. The van der Waals surface area contributed by atoms with E-state index >= 15 is 0 Å². The minimum absolute atomic E-state index is 0.0803. The summed E-state index contributed by atoms with van der Waals surface area (Å²) in [6.07, 6.45) is 2.97. The molecule has 9 nitrogen and oxygen atoms in total. The quantitative estimate of drug-likeness (QED) is 0.114. The molecule has 0 aliphatic carbocycles. The van der Waals surface area contributed by atoms with E-state index in [9.17, 15) is 25.0 Å². The number of carbonyl (C=O) groups is 2. The van der Waals surface area contributed by atoms with E-state index in [4.69, 9.17) is 9.15 Å². The van der Waals surface area contributed by atoms with E-state index in [-0.39, 0.29) is 17.0 Å². The van der Waals surface area contributed by atoms with Crippen LogP contribution in [0.25, 0.3) is 17.4 Å². The molecule has 0 saturated carbocycles. The second-order valence-corrected chi connectivity index (χ2v) is 7.20. The molecule has 0 atom stereocenters. The van der Waals surface area contributed by atoms with Gasteiger partial charge in [0.15, 0.2) is 0 Å². The average Bonchev–Trinajstić information content (AvgIpc) is 3.32. The zero-order chi connectivity index (χ0) is 24.5. The van der Waals surface area contributed by atoms with Crippen LogP contribution in [0.2, 0.25) is 0 Å². The minimum Gasteiger partial charge on any atom is -0.462 e. The van der Waals surface area contributed by atoms with E-state index in [0.717, 1.165) is 12.8 Å². The number of anilines is 1. The molecular weight excluding hydrogens is 438 g/mol. The maximum atomic E-state index is 12.5. The van der Waals surface area contributed by atoms with Crippen LogP contribution in [-0.4, -0.2) is 23.4 Å². The number of nitriles is 1. The van der Waals surface area contributed by atoms with Crippen LogP contribution >= 0.6 is 0 Å². The van der Waals surface area contributed by atoms with E-state index in [1.165, 1.54) is 48.5 Å². The van der Waals surface area contributed by atoms with Crippen molar-refractivity contribution in [2.45, 2.75) is 19.8 Å². The van der Waals surface area contributed by atoms with Gasteiger partial charge >= 0.3 is 5.97 Å². The van der Waals surface area contributed by atoms with Crippen LogP contribution in [0.15, 0.2) is 70.7 Å². The molecule has 0 spiro atoms. The van der Waals surface area contributed by atoms with Crippen molar-refractivity contribution < 1.29 is 23.7 Å². The predicted octanol–water partition coefficient (Wildman–Crippen LogP) is 5.36. The third-order valence-electron chi connectivity index (χ3n) is 4.73. The minimum atomic E-state index is -0.658. The van der Waals surface area contributed by atoms with Crippen LogP contribution in [0.5, 0.6) is 0 Å². The Morgan fingerprint density at radius 1 is 1.18 bits per heavy atom. The zero-order valence-electron chi connectivity index (χ0n) is 18.3. The molecule has 0 fully saturated rings. The molecule has 0 unspecified atom stereocenters. The van der Waals surface area contributed by atoms with Crippen LogP contribution in [0.4, 0.5) is 11.4 Å². The number of hydrogen-bond acceptors (Lipinski definition) is 7. The normalized spacial score (nSPS) is 10.9. The highest BCUT2D eigenvalue weighted by Gasteiger charge is 2.14. The lowest BCUT2D eigenvalue weighted by molar-refractivity contribution is -0.384. The Kier molecular flexibility index (Phi) is 7.92. The number of ether oxygens (including phenoxy) is 1. The molecule has 34 heavy (non-hydrogen) atoms. The zero-order valence-corrected chi connectivity index (χ0v) is 18.3. The molecule has 3 rings (SSSR count). The van der Waals surface area contributed by atoms with E-state index in [1.54, 1.807) is 18.2 Å². The summed E-state index contributed by atoms with van der Waals surface area (Å²) in [5.41, 5.74) is 0.957. The van der Waals surface area contributed by atoms with Crippen LogP contribution in [0.1, 0.15) is 35.9 Å². The molecule has 1 N–H and O–H groups in total. The number of carbonyl (C=O) groups excluding carboxylic acids is 2. The Morgan fingerprint density at radius 2 is 1.94 bits per heavy atom. The van der Waals surface area contributed by atoms with Crippen molar-refractivity contribution in [1.29, 1.82) is 5.26 Å². The predicted molar refractivity (Wildman–Crippen MR) is 125 cm³/mol. The number of nitro groups is 1. The molecule has 0 aliphatic rings. The maximum absolute atomic E-state index is 12.5. The van der Waals surface area contributed by atoms with Crippen LogP contribution in [-0.2, 0) is 9.53 Å². The number of hydrogen-bond donors (Lipinski definition) is 1. The molecule has 0 aliphatic heterocycles. The maximum Gasteiger partial charge on any atom is 0.338 e. The van der Waals surface area contributed by atoms with Gasteiger partial charge in [-0.15, -0.1) is 0 Å². The molecule has 9 heteroatoms. The van der Waals surface area contributed by atoms with Crippen molar-refractivity contribution in [3.63, 3.8) is 0 Å². The first-order valence-electron chi connectivity index (χ1n) is 10.5. The Balaban J connectivity index is 1.69. The number of esters is 1. The average molecular weight is 459 g/mol. The fourth-order valence-corrected chi connectivity index (χ4v) is 2.93. The lowest BCUT2D eigenvalue weighted by Crippen LogP contribution is -2.13. The highest BCUT2D eigenvalue weighted by Crippen LogP contribution is 2.26. The third kappa shape index (κ3) is 6.17. The smallest absolute Gasteiger partial charge is 0.338 e. The number of rotatable bonds is 9. The van der Waals surface area contributed by atoms with Crippen molar-refractivity contribution in [2.24, 2.45) is 0 Å². The number of nitrogens with one attached hydrogen (secondary N) is 1. The Hall–Kier alpha value is -4.71. The van der Waals surface area contributed by atoms with E-state index in [0.29, 0.717) is 29.2 Å². The number of amides is 1. The van der Waals surface area contributed by atoms with Gasteiger partial charge in [-0.25, -0.2) is 4.79 Å². The van der Waals surface area contributed by atoms with E-state index < -0.39 is 16.8 Å². The van der Waals surface area contributed by atoms with Crippen molar-refractivity contribution in [2.75, 3.05) is 11.9 Å². The van der Waals surface area contributed by atoms with Gasteiger partial charge in [0.1, 0.15) is 23.2 Å². The molecule has 0 radical (unpaired) electrons. The lowest BCUT2D eigenvalue weighted by Gasteiger charge is -2.06. The first-order chi connectivity index (χ1) is 16.4. The summed E-state index contributed by atoms with van der Waals surface area (Å²) in [5.74, 6) is -0.511. The summed E-state index contributed by atoms with van der Waals surface area (Å²) < 4.78 is 10.8. The summed E-state index contributed by atoms with van der Waals surface area (Å²) in [4.78, 5) is 34.9. The topological polar surface area (TPSA) is 135 Å². The first-order valence-corrected chi connectivity index (χ1v) is 10.5. The standard InChI is InChI=1S/C25H21N3O6/c1-2-3-13-33-25(30)17-7-9-20(10-8-17)27-24(29)19(16-26)15-22-11-12-23(34-22)18-5-4-6-21(14-18)28(31)32/h4-12,14-15H,2-3,13H2,1H3,(H,27,29)/b19-15+. The second-order valence-electron chi connectivity index (χ2n) is 7.20. The summed E-state index contributed by atoms with van der Waals surface area (Å²) in [7, 11) is 0. The highest BCUT2D eigenvalue weighted by atomic mass is 16.6. The van der Waals surface area contributed by atoms with Crippen LogP contribution < -0.4 is 5.32 Å². The van der Waals surface area contributed by atoms with Crippen LogP contribution in [0, 0.1) is 21.4 Å². The number of nitro benzene ring substituents is 1. The van der Waals surface area contributed by atoms with Gasteiger partial charge in [0.2, 0.25) is 0 Å². The Labute approximate surface area is 195 Å². The monoisotopic (exact) mass is 459 g/mol. The van der Waals surface area contributed by atoms with Gasteiger partial charge in [-0.05, 0) is 42.8 Å². The molecular formula is C25H21N3O6. The largest absolute Gasteiger partial charge is 0.462 e. The van der Waals surface area contributed by atoms with Gasteiger partial charge in [0.05, 0.1) is 17.1 Å². The van der Waals surface area contributed by atoms with Gasteiger partial charge in [-0.1, -0.05) is 25.5 Å². The van der Waals surface area contributed by atoms with Gasteiger partial charge in [-0.2, -0.15) is 5.26 Å². The van der Waals surface area contributed by atoms with Gasteiger partial charge in [0.25, 0.3) is 11.6 Å². The number of benzene rings is 2. The number of unbranched alkanes of at least 4 members (excludes halogenated alkanes) is 1. The SMILES string of the molecule is CCCCOC(=O)c1ccc(NC(=O)/C(C#N)=C/c2ccc(-c3cccc([N+](=O)[O-])c3)o2)cc1. The van der Waals surface area contributed by atoms with Gasteiger partial charge < -0.3 is 14.5 Å². The van der Waals surface area contributed by atoms with Crippen LogP contribution in [0.3, 0.4) is 0 Å². The van der Waals surface area contributed by atoms with Gasteiger partial charge in [-0.3, -0.25) is 14.9 Å². The Bertz CT molecular complexity index is 1270. The molecule has 172 valence electrons. The fraction of sp³-hybridized carbons (Fsp3) is 0.160. The number of nitrogens with zero attached hydrogens (tertiary/aromatic N) is 2. The summed E-state index contributed by atoms with van der Waals surface area (Å²) in [5, 5.41) is 23.0. The molecule has 3 aromatic rings. The highest BCUT2D eigenvalue weighted by molar-refractivity contribution is 6.09. The van der Waals surface area contributed by atoms with Crippen molar-refractivity contribution in [3.8, 4) is 17.4 Å². The Morgan fingerprint density at radius 3 is 2.62 bits per heavy atom. The first kappa shape index (κ1) is 23.9. The van der Waals surface area contributed by atoms with Crippen molar-refractivity contribution in [3.05, 3.63) is 87.7 Å². The van der Waals surface area contributed by atoms with Crippen molar-refractivity contribution >= 4 is 29.3 Å². The fourth-order valence-electron chi connectivity index (χ4n) is 2.93. The molecule has 0 saturated heterocycles. The number of non-ortho nitro benzene ring substituents is 1. The van der Waals surface area contributed by atoms with Crippen molar-refractivity contribution in [1.82, 2.24) is 0 Å². The lowest BCUT2D eigenvalue weighted by atomic mass is 10.1. The molecule has 1 heterocycles.